The van der Waals surface area contributed by atoms with Gasteiger partial charge in [-0.1, -0.05) is 49.9 Å². The van der Waals surface area contributed by atoms with Crippen LogP contribution in [0.2, 0.25) is 0 Å². The summed E-state index contributed by atoms with van der Waals surface area (Å²) < 4.78 is 0. The predicted octanol–water partition coefficient (Wildman–Crippen LogP) is 5.00. The molecule has 1 unspecified atom stereocenters. The molecule has 1 fully saturated rings. The van der Waals surface area contributed by atoms with Crippen molar-refractivity contribution in [1.82, 2.24) is 5.32 Å². The molecule has 0 bridgehead atoms. The first kappa shape index (κ1) is 14.6. The maximum absolute atomic E-state index is 3.83. The van der Waals surface area contributed by atoms with E-state index in [9.17, 15) is 0 Å². The normalized spacial score (nSPS) is 20.8. The zero-order valence-electron chi connectivity index (χ0n) is 12.8. The molecule has 1 aromatic carbocycles. The Kier molecular flexibility index (Phi) is 5.45. The first-order chi connectivity index (χ1) is 9.18. The van der Waals surface area contributed by atoms with Gasteiger partial charge >= 0.3 is 0 Å². The van der Waals surface area contributed by atoms with Crippen molar-refractivity contribution >= 4 is 0 Å². The van der Waals surface area contributed by atoms with E-state index in [0.717, 1.165) is 5.92 Å². The van der Waals surface area contributed by atoms with Crippen molar-refractivity contribution in [2.45, 2.75) is 71.4 Å². The van der Waals surface area contributed by atoms with Gasteiger partial charge in [-0.05, 0) is 50.7 Å². The highest BCUT2D eigenvalue weighted by atomic mass is 14.9. The quantitative estimate of drug-likeness (QED) is 0.750. The molecule has 106 valence electrons. The fourth-order valence-electron chi connectivity index (χ4n) is 3.50. The average molecular weight is 259 g/mol. The molecule has 1 saturated carbocycles. The summed E-state index contributed by atoms with van der Waals surface area (Å²) in [6.07, 6.45) is 8.56. The van der Waals surface area contributed by atoms with Crippen LogP contribution in [0.4, 0.5) is 0 Å². The van der Waals surface area contributed by atoms with E-state index in [2.05, 4.69) is 50.4 Å². The van der Waals surface area contributed by atoms with E-state index < -0.39 is 0 Å². The van der Waals surface area contributed by atoms with Crippen molar-refractivity contribution in [3.8, 4) is 0 Å². The number of hydrogen-bond donors (Lipinski definition) is 1. The summed E-state index contributed by atoms with van der Waals surface area (Å²) in [7, 11) is 0. The fourth-order valence-corrected chi connectivity index (χ4v) is 3.50. The fraction of sp³-hybridized carbons (Fsp3) is 0.667. The Morgan fingerprint density at radius 3 is 2.26 bits per heavy atom. The highest BCUT2D eigenvalue weighted by Crippen LogP contribution is 2.27. The molecule has 1 aromatic rings. The van der Waals surface area contributed by atoms with E-state index >= 15 is 0 Å². The van der Waals surface area contributed by atoms with Crippen LogP contribution >= 0.6 is 0 Å². The van der Waals surface area contributed by atoms with E-state index in [1.165, 1.54) is 49.7 Å². The van der Waals surface area contributed by atoms with Crippen LogP contribution in [-0.2, 0) is 0 Å². The van der Waals surface area contributed by atoms with Gasteiger partial charge in [0, 0.05) is 12.1 Å². The van der Waals surface area contributed by atoms with E-state index in [1.54, 1.807) is 0 Å². The first-order valence-electron chi connectivity index (χ1n) is 8.00. The third-order valence-corrected chi connectivity index (χ3v) is 4.77. The van der Waals surface area contributed by atoms with Crippen LogP contribution in [0.5, 0.6) is 0 Å². The summed E-state index contributed by atoms with van der Waals surface area (Å²) in [5.41, 5.74) is 2.85. The van der Waals surface area contributed by atoms with Crippen molar-refractivity contribution in [2.75, 3.05) is 0 Å². The molecule has 0 spiro atoms. The van der Waals surface area contributed by atoms with Crippen LogP contribution in [0.25, 0.3) is 0 Å². The van der Waals surface area contributed by atoms with E-state index in [-0.39, 0.29) is 0 Å². The Balaban J connectivity index is 1.94. The lowest BCUT2D eigenvalue weighted by atomic mass is 9.91. The van der Waals surface area contributed by atoms with E-state index in [0.29, 0.717) is 12.1 Å². The first-order valence-corrected chi connectivity index (χ1v) is 8.00. The van der Waals surface area contributed by atoms with Crippen LogP contribution in [0.3, 0.4) is 0 Å². The highest BCUT2D eigenvalue weighted by molar-refractivity contribution is 5.28. The Morgan fingerprint density at radius 1 is 1.00 bits per heavy atom. The van der Waals surface area contributed by atoms with E-state index in [4.69, 9.17) is 0 Å². The maximum Gasteiger partial charge on any atom is 0.0296 e. The van der Waals surface area contributed by atoms with Crippen LogP contribution in [0, 0.1) is 12.8 Å². The molecule has 1 aliphatic rings. The molecule has 2 atom stereocenters. The minimum absolute atomic E-state index is 0.458. The highest BCUT2D eigenvalue weighted by Gasteiger charge is 2.21. The third-order valence-electron chi connectivity index (χ3n) is 4.77. The second kappa shape index (κ2) is 7.09. The van der Waals surface area contributed by atoms with Crippen LogP contribution in [-0.4, -0.2) is 6.04 Å². The molecule has 1 N–H and O–H groups in total. The Morgan fingerprint density at radius 2 is 1.63 bits per heavy atom. The summed E-state index contributed by atoms with van der Waals surface area (Å²) in [6.45, 7) is 6.89. The minimum atomic E-state index is 0.458. The van der Waals surface area contributed by atoms with Gasteiger partial charge in [0.05, 0.1) is 0 Å². The lowest BCUT2D eigenvalue weighted by molar-refractivity contribution is 0.316. The van der Waals surface area contributed by atoms with Gasteiger partial charge in [0.25, 0.3) is 0 Å². The zero-order valence-corrected chi connectivity index (χ0v) is 12.8. The number of rotatable bonds is 4. The van der Waals surface area contributed by atoms with Crippen LogP contribution in [0.15, 0.2) is 24.3 Å². The number of aryl methyl sites for hydroxylation is 1. The largest absolute Gasteiger partial charge is 0.307 e. The molecule has 0 aromatic heterocycles. The van der Waals surface area contributed by atoms with Gasteiger partial charge in [-0.3, -0.25) is 0 Å². The zero-order chi connectivity index (χ0) is 13.7. The van der Waals surface area contributed by atoms with Crippen LogP contribution in [0.1, 0.15) is 69.5 Å². The summed E-state index contributed by atoms with van der Waals surface area (Å²) >= 11 is 0. The molecular formula is C18H29N. The van der Waals surface area contributed by atoms with Crippen molar-refractivity contribution in [2.24, 2.45) is 5.92 Å². The van der Waals surface area contributed by atoms with Gasteiger partial charge in [0.15, 0.2) is 0 Å². The average Bonchev–Trinajstić information content (AvgIpc) is 2.68. The summed E-state index contributed by atoms with van der Waals surface area (Å²) in [5, 5.41) is 3.83. The molecule has 0 amide bonds. The summed E-state index contributed by atoms with van der Waals surface area (Å²) in [5.74, 6) is 0.869. The van der Waals surface area contributed by atoms with E-state index in [1.807, 2.05) is 0 Å². The van der Waals surface area contributed by atoms with Crippen molar-refractivity contribution in [3.63, 3.8) is 0 Å². The Bertz CT molecular complexity index is 377. The number of benzene rings is 1. The smallest absolute Gasteiger partial charge is 0.0296 e. The van der Waals surface area contributed by atoms with Gasteiger partial charge in [0.2, 0.25) is 0 Å². The molecule has 0 heterocycles. The molecule has 2 rings (SSSR count). The molecular weight excluding hydrogens is 230 g/mol. The number of hydrogen-bond acceptors (Lipinski definition) is 1. The van der Waals surface area contributed by atoms with Gasteiger partial charge < -0.3 is 5.32 Å². The summed E-state index contributed by atoms with van der Waals surface area (Å²) in [4.78, 5) is 0. The van der Waals surface area contributed by atoms with Gasteiger partial charge in [-0.25, -0.2) is 0 Å². The van der Waals surface area contributed by atoms with Crippen LogP contribution < -0.4 is 5.32 Å². The monoisotopic (exact) mass is 259 g/mol. The second-order valence-electron chi connectivity index (χ2n) is 6.29. The Labute approximate surface area is 118 Å². The van der Waals surface area contributed by atoms with Gasteiger partial charge in [-0.2, -0.15) is 0 Å². The van der Waals surface area contributed by atoms with Gasteiger partial charge in [0.1, 0.15) is 0 Å². The Hall–Kier alpha value is -0.820. The predicted molar refractivity (Wildman–Crippen MR) is 83.4 cm³/mol. The molecule has 0 aliphatic heterocycles. The molecule has 1 heteroatoms. The maximum atomic E-state index is 3.83. The molecule has 0 saturated heterocycles. The molecule has 1 aliphatic carbocycles. The van der Waals surface area contributed by atoms with Crippen molar-refractivity contribution in [1.29, 1.82) is 0 Å². The third kappa shape index (κ3) is 4.07. The van der Waals surface area contributed by atoms with Gasteiger partial charge in [-0.15, -0.1) is 0 Å². The topological polar surface area (TPSA) is 12.0 Å². The minimum Gasteiger partial charge on any atom is -0.307 e. The summed E-state index contributed by atoms with van der Waals surface area (Å²) in [6, 6.07) is 9.83. The lowest BCUT2D eigenvalue weighted by Gasteiger charge is -2.28. The standard InChI is InChI=1S/C18H29N/c1-14-10-8-9-13-18(14)16(3)19-15(2)17-11-6-4-5-7-12-17/h8-10,13,15-17,19H,4-7,11-12H2,1-3H3/t15-,16?/m0/s1. The molecule has 19 heavy (non-hydrogen) atoms. The molecule has 0 radical (unpaired) electrons. The van der Waals surface area contributed by atoms with Crippen molar-refractivity contribution in [3.05, 3.63) is 35.4 Å². The number of nitrogens with one attached hydrogen (secondary N) is 1. The SMILES string of the molecule is Cc1ccccc1C(C)N[C@@H](C)C1CCCCCC1. The second-order valence-corrected chi connectivity index (χ2v) is 6.29. The van der Waals surface area contributed by atoms with Crippen molar-refractivity contribution < 1.29 is 0 Å². The lowest BCUT2D eigenvalue weighted by Crippen LogP contribution is -2.35. The molecule has 1 nitrogen and oxygen atoms in total.